The number of imide groups is 3. The van der Waals surface area contributed by atoms with Crippen LogP contribution < -0.4 is 28.3 Å². The lowest BCUT2D eigenvalue weighted by atomic mass is 9.83. The Balaban J connectivity index is 1.65. The molecule has 4 rings (SSSR count). The molecule has 6 atom stereocenters. The number of carbonyl (C=O) groups excluding carboxylic acids is 6. The van der Waals surface area contributed by atoms with Crippen LogP contribution in [0.1, 0.15) is 96.2 Å². The van der Waals surface area contributed by atoms with Crippen LogP contribution >= 0.6 is 0 Å². The van der Waals surface area contributed by atoms with Crippen molar-refractivity contribution < 1.29 is 43.3 Å². The molecule has 1 unspecified atom stereocenters. The van der Waals surface area contributed by atoms with Gasteiger partial charge in [-0.25, -0.2) is 14.6 Å². The molecule has 1 aliphatic heterocycles. The molecule has 11 N–H and O–H groups in total. The Morgan fingerprint density at radius 3 is 2.40 bits per heavy atom. The minimum Gasteiger partial charge on any atom is -0.458 e. The predicted molar refractivity (Wildman–Crippen MR) is 221 cm³/mol. The Morgan fingerprint density at radius 1 is 1.07 bits per heavy atom. The Hall–Kier alpha value is -4.59. The molecule has 1 saturated heterocycles. The highest BCUT2D eigenvalue weighted by Gasteiger charge is 2.48. The van der Waals surface area contributed by atoms with Crippen molar-refractivity contribution in [1.82, 2.24) is 25.1 Å². The maximum Gasteiger partial charge on any atom is 0.336 e. The zero-order chi connectivity index (χ0) is 44.0. The number of hydrogen-bond donors (Lipinski definition) is 7. The number of unbranched alkanes of at least 4 members (excludes halogenated alkanes) is 1. The highest BCUT2D eigenvalue weighted by Crippen LogP contribution is 2.28. The van der Waals surface area contributed by atoms with Gasteiger partial charge in [0, 0.05) is 37.3 Å². The quantitative estimate of drug-likeness (QED) is 0.0590. The van der Waals surface area contributed by atoms with E-state index < -0.39 is 83.3 Å². The van der Waals surface area contributed by atoms with Gasteiger partial charge in [0.15, 0.2) is 11.3 Å². The molecule has 0 spiro atoms. The van der Waals surface area contributed by atoms with Crippen LogP contribution in [-0.2, 0) is 46.3 Å². The predicted octanol–water partition coefficient (Wildman–Crippen LogP) is 0.969. The summed E-state index contributed by atoms with van der Waals surface area (Å²) < 4.78 is 11.3. The number of nitrogens with zero attached hydrogens (tertiary/aromatic N) is 3. The fourth-order valence-corrected chi connectivity index (χ4v) is 7.60. The van der Waals surface area contributed by atoms with Gasteiger partial charge in [0.1, 0.15) is 11.6 Å². The maximum absolute atomic E-state index is 14.7. The lowest BCUT2D eigenvalue weighted by Gasteiger charge is -2.39. The van der Waals surface area contributed by atoms with Crippen molar-refractivity contribution in [3.8, 4) is 0 Å². The number of amides is 5. The number of aliphatic hydroxyl groups excluding tert-OH is 1. The molecule has 2 aromatic rings. The van der Waals surface area contributed by atoms with Crippen molar-refractivity contribution in [3.05, 3.63) is 54.1 Å². The fraction of sp³-hybridized carbons (Fsp3) is 0.643. The first-order valence-electron chi connectivity index (χ1n) is 21.0. The molecular formula is C42H65N9O9. The summed E-state index contributed by atoms with van der Waals surface area (Å²) >= 11 is 0. The number of carbonyl (C=O) groups is 6. The van der Waals surface area contributed by atoms with Gasteiger partial charge in [0.25, 0.3) is 11.8 Å². The van der Waals surface area contributed by atoms with Gasteiger partial charge in [-0.05, 0) is 58.1 Å². The normalized spacial score (nSPS) is 19.3. The number of H-pyrrole nitrogens is 1. The van der Waals surface area contributed by atoms with Gasteiger partial charge >= 0.3 is 12.0 Å². The second-order valence-electron chi connectivity index (χ2n) is 17.0. The summed E-state index contributed by atoms with van der Waals surface area (Å²) in [6.45, 7) is 4.59. The monoisotopic (exact) mass is 839 g/mol. The van der Waals surface area contributed by atoms with E-state index in [-0.39, 0.29) is 44.9 Å². The Bertz CT molecular complexity index is 1730. The highest BCUT2D eigenvalue weighted by atomic mass is 16.6. The first-order chi connectivity index (χ1) is 28.4. The summed E-state index contributed by atoms with van der Waals surface area (Å²) in [5.41, 5.74) is 22.6. The number of ketones is 1. The van der Waals surface area contributed by atoms with Crippen LogP contribution in [0.25, 0.3) is 0 Å². The number of aromatic amines is 1. The first kappa shape index (κ1) is 48.1. The number of aliphatic hydroxyl groups is 1. The van der Waals surface area contributed by atoms with Crippen molar-refractivity contribution in [2.45, 2.75) is 139 Å². The van der Waals surface area contributed by atoms with Gasteiger partial charge < -0.3 is 52.7 Å². The van der Waals surface area contributed by atoms with E-state index >= 15 is 0 Å². The standard InChI is InChI=1S/C42H65N9O9/c1-41(2,3)60-39(57)42(46,23-28-14-8-5-9-15-28)38(56)49-32(21-29-24-47-26-48-29)36(54)33-25-59-19-18-50(33)40(58)51(37(55)30(44)16-10-11-17-43)35(53)22-34(52)31(45)20-27-12-6-4-7-13-27/h5,8-9,14-15,24,26-27,30-34,52H,4,6-7,10-13,16-23,25,43-46H2,1-3H3,(H,47,48)(H,49,56)/t30-,31-,32-,33-,34?,42-/m0/s1. The van der Waals surface area contributed by atoms with Crippen LogP contribution in [0.15, 0.2) is 42.9 Å². The number of nitrogens with two attached hydrogens (primary N) is 4. The van der Waals surface area contributed by atoms with Gasteiger partial charge in [-0.2, -0.15) is 4.90 Å². The number of imidazole rings is 1. The summed E-state index contributed by atoms with van der Waals surface area (Å²) in [7, 11) is 0. The molecule has 2 fully saturated rings. The van der Waals surface area contributed by atoms with Crippen LogP contribution in [0.4, 0.5) is 4.79 Å². The molecule has 1 aromatic carbocycles. The van der Waals surface area contributed by atoms with Gasteiger partial charge in [-0.1, -0.05) is 68.9 Å². The third-order valence-electron chi connectivity index (χ3n) is 11.0. The third kappa shape index (κ3) is 13.5. The maximum atomic E-state index is 14.7. The van der Waals surface area contributed by atoms with Crippen molar-refractivity contribution in [2.75, 3.05) is 26.3 Å². The summed E-state index contributed by atoms with van der Waals surface area (Å²) in [4.78, 5) is 93.6. The SMILES string of the molecule is CC(C)(C)OC(=O)[C@](N)(Cc1ccccc1)C(=O)N[C@@H](Cc1cnc[nH]1)C(=O)[C@@H]1COCCN1C(=O)N(C(=O)CC(O)[C@@H](N)CC1CCCCC1)C(=O)[C@@H](N)CCCCN. The highest BCUT2D eigenvalue weighted by molar-refractivity contribution is 6.13. The summed E-state index contributed by atoms with van der Waals surface area (Å²) in [6, 6.07) is 2.48. The number of rotatable bonds is 19. The molecule has 2 aliphatic rings. The zero-order valence-corrected chi connectivity index (χ0v) is 35.2. The summed E-state index contributed by atoms with van der Waals surface area (Å²) in [6.07, 6.45) is 7.08. The number of hydrogen-bond acceptors (Lipinski definition) is 14. The molecule has 1 saturated carbocycles. The molecule has 5 amide bonds. The molecular weight excluding hydrogens is 775 g/mol. The molecule has 2 heterocycles. The lowest BCUT2D eigenvalue weighted by molar-refractivity contribution is -0.165. The minimum atomic E-state index is -2.31. The van der Waals surface area contributed by atoms with E-state index in [4.69, 9.17) is 32.4 Å². The fourth-order valence-electron chi connectivity index (χ4n) is 7.60. The van der Waals surface area contributed by atoms with E-state index in [0.717, 1.165) is 37.0 Å². The first-order valence-corrected chi connectivity index (χ1v) is 21.0. The molecule has 18 heteroatoms. The second kappa shape index (κ2) is 22.3. The molecule has 60 heavy (non-hydrogen) atoms. The van der Waals surface area contributed by atoms with Crippen LogP contribution in [-0.4, -0.2) is 128 Å². The van der Waals surface area contributed by atoms with Gasteiger partial charge in [-0.15, -0.1) is 0 Å². The number of esters is 1. The number of benzene rings is 1. The van der Waals surface area contributed by atoms with E-state index in [2.05, 4.69) is 15.3 Å². The van der Waals surface area contributed by atoms with Crippen LogP contribution in [0.3, 0.4) is 0 Å². The number of ether oxygens (including phenoxy) is 2. The van der Waals surface area contributed by atoms with E-state index in [9.17, 15) is 33.9 Å². The van der Waals surface area contributed by atoms with Crippen LogP contribution in [0.5, 0.6) is 0 Å². The number of urea groups is 1. The molecule has 1 aromatic heterocycles. The minimum absolute atomic E-state index is 0.0532. The van der Waals surface area contributed by atoms with E-state index in [1.165, 1.54) is 12.5 Å². The smallest absolute Gasteiger partial charge is 0.336 e. The topological polar surface area (TPSA) is 292 Å². The van der Waals surface area contributed by atoms with E-state index in [0.29, 0.717) is 42.0 Å². The second-order valence-corrected chi connectivity index (χ2v) is 17.0. The van der Waals surface area contributed by atoms with Crippen LogP contribution in [0, 0.1) is 5.92 Å². The number of Topliss-reactive ketones (excluding diaryl/α,β-unsaturated/α-hetero) is 1. The van der Waals surface area contributed by atoms with Gasteiger partial charge in [0.05, 0.1) is 44.1 Å². The lowest BCUT2D eigenvalue weighted by Crippen LogP contribution is -2.67. The van der Waals surface area contributed by atoms with Crippen molar-refractivity contribution >= 4 is 35.5 Å². The van der Waals surface area contributed by atoms with E-state index in [1.807, 2.05) is 0 Å². The average molecular weight is 840 g/mol. The molecule has 0 bridgehead atoms. The van der Waals surface area contributed by atoms with Crippen LogP contribution in [0.2, 0.25) is 0 Å². The Kier molecular flexibility index (Phi) is 17.9. The average Bonchev–Trinajstić information content (AvgIpc) is 3.73. The van der Waals surface area contributed by atoms with Crippen molar-refractivity contribution in [3.63, 3.8) is 0 Å². The number of aromatic nitrogens is 2. The summed E-state index contributed by atoms with van der Waals surface area (Å²) in [5.74, 6) is -4.56. The van der Waals surface area contributed by atoms with Crippen molar-refractivity contribution in [2.24, 2.45) is 28.9 Å². The van der Waals surface area contributed by atoms with E-state index in [1.54, 1.807) is 51.1 Å². The Morgan fingerprint density at radius 2 is 1.77 bits per heavy atom. The molecule has 332 valence electrons. The Labute approximate surface area is 351 Å². The largest absolute Gasteiger partial charge is 0.458 e. The molecule has 1 aliphatic carbocycles. The van der Waals surface area contributed by atoms with Gasteiger partial charge in [-0.3, -0.25) is 19.2 Å². The number of morpholine rings is 1. The molecule has 0 radical (unpaired) electrons. The third-order valence-corrected chi connectivity index (χ3v) is 11.0. The van der Waals surface area contributed by atoms with Crippen molar-refractivity contribution in [1.29, 1.82) is 0 Å². The summed E-state index contributed by atoms with van der Waals surface area (Å²) in [5, 5.41) is 13.8. The number of nitrogens with one attached hydrogen (secondary N) is 2. The molecule has 18 nitrogen and oxygen atoms in total. The van der Waals surface area contributed by atoms with Gasteiger partial charge in [0.2, 0.25) is 5.91 Å². The zero-order valence-electron chi connectivity index (χ0n) is 35.2.